The van der Waals surface area contributed by atoms with Crippen molar-refractivity contribution in [2.24, 2.45) is 0 Å². The van der Waals surface area contributed by atoms with E-state index in [0.29, 0.717) is 0 Å². The van der Waals surface area contributed by atoms with Gasteiger partial charge in [-0.15, -0.1) is 0 Å². The maximum atomic E-state index is 2.55. The Hall–Kier alpha value is -10.9. The van der Waals surface area contributed by atoms with Crippen LogP contribution in [0.2, 0.25) is 0 Å². The van der Waals surface area contributed by atoms with Gasteiger partial charge in [0.1, 0.15) is 0 Å². The molecule has 0 amide bonds. The Labute approximate surface area is 502 Å². The molecular weight excluding hydrogens is 1040 g/mol. The molecule has 0 saturated carbocycles. The first-order valence-corrected chi connectivity index (χ1v) is 29.8. The third kappa shape index (κ3) is 8.68. The lowest BCUT2D eigenvalue weighted by Gasteiger charge is -2.34. The number of anilines is 8. The highest BCUT2D eigenvalue weighted by molar-refractivity contribution is 6.05. The maximum Gasteiger partial charge on any atom is 0.166 e. The smallest absolute Gasteiger partial charge is 0.166 e. The van der Waals surface area contributed by atoms with Gasteiger partial charge in [-0.1, -0.05) is 194 Å². The maximum absolute atomic E-state index is 2.55. The van der Waals surface area contributed by atoms with Crippen molar-refractivity contribution in [3.05, 3.63) is 325 Å². The summed E-state index contributed by atoms with van der Waals surface area (Å²) in [5.74, 6) is 2.02. The molecule has 0 aromatic heterocycles. The summed E-state index contributed by atoms with van der Waals surface area (Å²) in [6.07, 6.45) is 0. The van der Waals surface area contributed by atoms with E-state index in [1.54, 1.807) is 0 Å². The molecule has 0 spiro atoms. The molecule has 408 valence electrons. The number of benzene rings is 14. The van der Waals surface area contributed by atoms with Gasteiger partial charge >= 0.3 is 0 Å². The summed E-state index contributed by atoms with van der Waals surface area (Å²) in [6, 6.07) is 108. The average molecular weight is 1100 g/mol. The fourth-order valence-corrected chi connectivity index (χ4v) is 13.1. The van der Waals surface area contributed by atoms with Gasteiger partial charge in [-0.25, -0.2) is 0 Å². The van der Waals surface area contributed by atoms with Crippen LogP contribution in [0.15, 0.2) is 303 Å². The largest absolute Gasteiger partial charge is 0.291 e. The van der Waals surface area contributed by atoms with Crippen molar-refractivity contribution < 1.29 is 0 Å². The fourth-order valence-electron chi connectivity index (χ4n) is 13.1. The monoisotopic (exact) mass is 1100 g/mol. The Morgan fingerprint density at radius 1 is 0.174 bits per heavy atom. The Bertz CT molecular complexity index is 4420. The summed E-state index contributed by atoms with van der Waals surface area (Å²) in [7, 11) is 0. The highest BCUT2D eigenvalue weighted by atomic mass is 15.5. The molecule has 0 aliphatic carbocycles. The number of hydrogen-bond acceptors (Lipinski definition) is 4. The van der Waals surface area contributed by atoms with E-state index >= 15 is 0 Å². The SMILES string of the molecule is Cc1cc2c(cc1C)N(c1ccc3cc(-c4ccccc4)ccc3c1)C(=C1N(c3ccc4cc(-c5ccccc5)ccc4c3)c3cc(C)c(C)cc3N1c1ccc3cc(-c4ccccc4)ccc3c1)N2c1ccc2cc(-c3ccccc3)ccc2c1. The predicted molar refractivity (Wildman–Crippen MR) is 365 cm³/mol. The van der Waals surface area contributed by atoms with Crippen LogP contribution in [0.5, 0.6) is 0 Å². The molecule has 14 aromatic rings. The van der Waals surface area contributed by atoms with Crippen LogP contribution in [0.4, 0.5) is 45.5 Å². The number of hydrogen-bond donors (Lipinski definition) is 0. The van der Waals surface area contributed by atoms with Gasteiger partial charge in [0.2, 0.25) is 0 Å². The van der Waals surface area contributed by atoms with Crippen molar-refractivity contribution in [3.8, 4) is 44.5 Å². The van der Waals surface area contributed by atoms with Gasteiger partial charge in [0.05, 0.1) is 22.7 Å². The van der Waals surface area contributed by atoms with Gasteiger partial charge < -0.3 is 0 Å². The predicted octanol–water partition coefficient (Wildman–Crippen LogP) is 22.6. The van der Waals surface area contributed by atoms with Crippen LogP contribution in [0.1, 0.15) is 22.3 Å². The van der Waals surface area contributed by atoms with E-state index in [4.69, 9.17) is 0 Å². The van der Waals surface area contributed by atoms with Crippen molar-refractivity contribution in [1.29, 1.82) is 0 Å². The first-order chi connectivity index (χ1) is 42.2. The zero-order valence-corrected chi connectivity index (χ0v) is 48.5. The standard InChI is InChI=1S/C82H60N4/c1-53-41-77-78(42-54(53)2)84(74-38-34-66-46-62(26-30-70(66)50-74)58-19-11-6-12-20-58)81(83(77)73-37-33-65-45-61(25-29-69(65)49-73)57-17-9-5-10-18-57)82-85(75-39-35-67-47-63(27-31-71(67)51-75)59-21-13-7-14-22-59)79-43-55(3)56(4)44-80(79)86(82)76-40-36-68-48-64(28-32-72(68)52-76)60-23-15-8-16-24-60/h5-52H,1-4H3. The van der Waals surface area contributed by atoms with E-state index in [0.717, 1.165) is 57.1 Å². The second kappa shape index (κ2) is 20.4. The van der Waals surface area contributed by atoms with Gasteiger partial charge in [0.15, 0.2) is 11.6 Å². The van der Waals surface area contributed by atoms with E-state index in [-0.39, 0.29) is 0 Å². The van der Waals surface area contributed by atoms with E-state index in [2.05, 4.69) is 338 Å². The second-order valence-corrected chi connectivity index (χ2v) is 23.3. The average Bonchev–Trinajstić information content (AvgIpc) is 1.58. The van der Waals surface area contributed by atoms with E-state index in [9.17, 15) is 0 Å². The minimum absolute atomic E-state index is 1.01. The number of rotatable bonds is 8. The van der Waals surface area contributed by atoms with Gasteiger partial charge in [-0.2, -0.15) is 0 Å². The third-order valence-electron chi connectivity index (χ3n) is 17.9. The Balaban J connectivity index is 0.991. The molecule has 0 N–H and O–H groups in total. The zero-order valence-electron chi connectivity index (χ0n) is 48.5. The lowest BCUT2D eigenvalue weighted by Crippen LogP contribution is -2.33. The summed E-state index contributed by atoms with van der Waals surface area (Å²) in [5, 5.41) is 9.41. The van der Waals surface area contributed by atoms with Crippen molar-refractivity contribution >= 4 is 88.6 Å². The molecule has 4 nitrogen and oxygen atoms in total. The Morgan fingerprint density at radius 3 is 0.593 bits per heavy atom. The van der Waals surface area contributed by atoms with Crippen molar-refractivity contribution in [1.82, 2.24) is 0 Å². The van der Waals surface area contributed by atoms with Gasteiger partial charge in [0.25, 0.3) is 0 Å². The lowest BCUT2D eigenvalue weighted by molar-refractivity contribution is 1.01. The topological polar surface area (TPSA) is 13.0 Å². The van der Waals surface area contributed by atoms with E-state index in [1.807, 2.05) is 0 Å². The molecule has 2 heterocycles. The minimum Gasteiger partial charge on any atom is -0.291 e. The van der Waals surface area contributed by atoms with Gasteiger partial charge in [-0.3, -0.25) is 19.6 Å². The first kappa shape index (κ1) is 50.8. The molecule has 0 saturated heterocycles. The molecule has 0 unspecified atom stereocenters. The molecule has 0 radical (unpaired) electrons. The van der Waals surface area contributed by atoms with Crippen molar-refractivity contribution in [2.45, 2.75) is 27.7 Å². The molecule has 0 fully saturated rings. The minimum atomic E-state index is 1.01. The summed E-state index contributed by atoms with van der Waals surface area (Å²) in [5.41, 5.74) is 23.2. The molecule has 0 bridgehead atoms. The summed E-state index contributed by atoms with van der Waals surface area (Å²) in [4.78, 5) is 10.2. The normalized spacial score (nSPS) is 13.0. The van der Waals surface area contributed by atoms with Crippen molar-refractivity contribution in [3.63, 3.8) is 0 Å². The quantitative estimate of drug-likeness (QED) is 0.150. The molecule has 16 rings (SSSR count). The molecule has 86 heavy (non-hydrogen) atoms. The van der Waals surface area contributed by atoms with E-state index in [1.165, 1.54) is 110 Å². The van der Waals surface area contributed by atoms with Gasteiger partial charge in [-0.05, 0) is 235 Å². The van der Waals surface area contributed by atoms with Crippen molar-refractivity contribution in [2.75, 3.05) is 19.6 Å². The number of aryl methyl sites for hydroxylation is 4. The fraction of sp³-hybridized carbons (Fsp3) is 0.0488. The van der Waals surface area contributed by atoms with Crippen LogP contribution in [-0.4, -0.2) is 0 Å². The molecule has 4 heteroatoms. The number of nitrogens with zero attached hydrogens (tertiary/aromatic N) is 4. The highest BCUT2D eigenvalue weighted by Gasteiger charge is 2.45. The van der Waals surface area contributed by atoms with Crippen LogP contribution >= 0.6 is 0 Å². The molecule has 14 aromatic carbocycles. The van der Waals surface area contributed by atoms with Crippen LogP contribution in [0.25, 0.3) is 87.6 Å². The summed E-state index contributed by atoms with van der Waals surface area (Å²) >= 11 is 0. The third-order valence-corrected chi connectivity index (χ3v) is 17.9. The van der Waals surface area contributed by atoms with Crippen LogP contribution < -0.4 is 19.6 Å². The Morgan fingerprint density at radius 2 is 0.372 bits per heavy atom. The molecule has 2 aliphatic rings. The Kier molecular flexibility index (Phi) is 12.1. The number of fused-ring (bicyclic) bond motifs is 6. The van der Waals surface area contributed by atoms with Crippen LogP contribution in [-0.2, 0) is 0 Å². The lowest BCUT2D eigenvalue weighted by atomic mass is 10.0. The molecule has 0 atom stereocenters. The van der Waals surface area contributed by atoms with Crippen LogP contribution in [0.3, 0.4) is 0 Å². The van der Waals surface area contributed by atoms with Crippen LogP contribution in [0, 0.1) is 27.7 Å². The zero-order chi connectivity index (χ0) is 57.6. The first-order valence-electron chi connectivity index (χ1n) is 29.8. The summed E-state index contributed by atoms with van der Waals surface area (Å²) in [6.45, 7) is 9.01. The van der Waals surface area contributed by atoms with Gasteiger partial charge in [0, 0.05) is 22.7 Å². The molecular formula is C82H60N4. The second-order valence-electron chi connectivity index (χ2n) is 23.3. The van der Waals surface area contributed by atoms with E-state index < -0.39 is 0 Å². The molecule has 2 aliphatic heterocycles. The highest BCUT2D eigenvalue weighted by Crippen LogP contribution is 2.59. The summed E-state index contributed by atoms with van der Waals surface area (Å²) < 4.78 is 0.